The first-order valence-corrected chi connectivity index (χ1v) is 8.64. The summed E-state index contributed by atoms with van der Waals surface area (Å²) in [7, 11) is 2.07. The Morgan fingerprint density at radius 3 is 2.59 bits per heavy atom. The van der Waals surface area contributed by atoms with Crippen LogP contribution in [0.3, 0.4) is 0 Å². The first-order valence-electron chi connectivity index (χ1n) is 8.64. The van der Waals surface area contributed by atoms with Gasteiger partial charge < -0.3 is 10.0 Å². The summed E-state index contributed by atoms with van der Waals surface area (Å²) in [5.41, 5.74) is 0.641. The van der Waals surface area contributed by atoms with Gasteiger partial charge in [-0.05, 0) is 43.8 Å². The number of benzene rings is 1. The highest BCUT2D eigenvalue weighted by atomic mass is 19.4. The fraction of sp³-hybridized carbons (Fsp3) is 0.368. The molecule has 3 heterocycles. The van der Waals surface area contributed by atoms with E-state index in [1.54, 1.807) is 6.07 Å². The van der Waals surface area contributed by atoms with Crippen molar-refractivity contribution >= 4 is 11.0 Å². The Balaban J connectivity index is 1.68. The van der Waals surface area contributed by atoms with Gasteiger partial charge in [-0.2, -0.15) is 18.3 Å². The normalized spacial score (nSPS) is 16.0. The summed E-state index contributed by atoms with van der Waals surface area (Å²) in [5, 5.41) is 15.5. The maximum Gasteiger partial charge on any atom is 0.416 e. The molecule has 8 heteroatoms. The molecule has 2 aromatic heterocycles. The number of aromatic hydroxyl groups is 1. The number of fused-ring (bicyclic) bond motifs is 1. The quantitative estimate of drug-likeness (QED) is 0.758. The summed E-state index contributed by atoms with van der Waals surface area (Å²) < 4.78 is 40.6. The number of halogens is 3. The van der Waals surface area contributed by atoms with Gasteiger partial charge in [0.25, 0.3) is 0 Å². The van der Waals surface area contributed by atoms with E-state index in [4.69, 9.17) is 0 Å². The number of likely N-dealkylation sites (tertiary alicyclic amines) is 1. The van der Waals surface area contributed by atoms with Gasteiger partial charge in [-0.15, -0.1) is 0 Å². The Morgan fingerprint density at radius 2 is 1.96 bits per heavy atom. The molecule has 0 radical (unpaired) electrons. The van der Waals surface area contributed by atoms with Crippen LogP contribution in [0, 0.1) is 12.8 Å². The smallest absolute Gasteiger partial charge is 0.416 e. The number of aromatic nitrogens is 3. The Hall–Kier alpha value is -2.61. The van der Waals surface area contributed by atoms with E-state index in [-0.39, 0.29) is 0 Å². The van der Waals surface area contributed by atoms with Crippen molar-refractivity contribution < 1.29 is 18.3 Å². The lowest BCUT2D eigenvalue weighted by molar-refractivity contribution is -0.137. The molecule has 5 nitrogen and oxygen atoms in total. The number of pyridine rings is 1. The molecule has 0 aliphatic carbocycles. The molecule has 3 aromatic rings. The number of rotatable bonds is 3. The minimum atomic E-state index is -4.51. The molecule has 0 amide bonds. The lowest BCUT2D eigenvalue weighted by atomic mass is 10.00. The van der Waals surface area contributed by atoms with Crippen LogP contribution in [-0.4, -0.2) is 44.9 Å². The van der Waals surface area contributed by atoms with Gasteiger partial charge in [0.05, 0.1) is 11.3 Å². The zero-order valence-electron chi connectivity index (χ0n) is 15.0. The zero-order chi connectivity index (χ0) is 19.3. The second kappa shape index (κ2) is 6.23. The minimum Gasteiger partial charge on any atom is -0.507 e. The van der Waals surface area contributed by atoms with Crippen LogP contribution >= 0.6 is 0 Å². The van der Waals surface area contributed by atoms with Gasteiger partial charge >= 0.3 is 6.18 Å². The van der Waals surface area contributed by atoms with E-state index >= 15 is 0 Å². The average Bonchev–Trinajstić information content (AvgIpc) is 2.93. The van der Waals surface area contributed by atoms with Gasteiger partial charge in [0.1, 0.15) is 5.75 Å². The van der Waals surface area contributed by atoms with E-state index in [0.29, 0.717) is 28.4 Å². The first kappa shape index (κ1) is 17.8. The number of hydrogen-bond acceptors (Lipinski definition) is 4. The molecule has 0 unspecified atom stereocenters. The van der Waals surface area contributed by atoms with E-state index in [1.165, 1.54) is 6.92 Å². The highest BCUT2D eigenvalue weighted by Crippen LogP contribution is 2.38. The van der Waals surface area contributed by atoms with E-state index in [0.717, 1.165) is 37.2 Å². The largest absolute Gasteiger partial charge is 0.507 e. The third kappa shape index (κ3) is 3.37. The Kier molecular flexibility index (Phi) is 4.10. The molecule has 0 spiro atoms. The van der Waals surface area contributed by atoms with Crippen LogP contribution in [0.5, 0.6) is 5.75 Å². The maximum atomic E-state index is 12.9. The third-order valence-electron chi connectivity index (χ3n) is 4.90. The summed E-state index contributed by atoms with van der Waals surface area (Å²) in [4.78, 5) is 6.70. The monoisotopic (exact) mass is 376 g/mol. The fourth-order valence-corrected chi connectivity index (χ4v) is 3.66. The number of aryl methyl sites for hydroxylation is 1. The van der Waals surface area contributed by atoms with Gasteiger partial charge in [-0.1, -0.05) is 0 Å². The maximum absolute atomic E-state index is 12.9. The van der Waals surface area contributed by atoms with Crippen molar-refractivity contribution in [2.45, 2.75) is 19.6 Å². The third-order valence-corrected chi connectivity index (χ3v) is 4.90. The van der Waals surface area contributed by atoms with Crippen molar-refractivity contribution in [3.8, 4) is 17.0 Å². The molecule has 142 valence electrons. The van der Waals surface area contributed by atoms with Crippen LogP contribution in [0.1, 0.15) is 11.1 Å². The molecule has 1 N–H and O–H groups in total. The molecule has 0 atom stereocenters. The van der Waals surface area contributed by atoms with Crippen LogP contribution in [0.15, 0.2) is 30.5 Å². The molecule has 1 aromatic carbocycles. The molecule has 0 bridgehead atoms. The van der Waals surface area contributed by atoms with E-state index in [1.807, 2.05) is 16.9 Å². The van der Waals surface area contributed by atoms with Crippen LogP contribution in [0.2, 0.25) is 0 Å². The van der Waals surface area contributed by atoms with Gasteiger partial charge in [-0.3, -0.25) is 4.68 Å². The predicted octanol–water partition coefficient (Wildman–Crippen LogP) is 3.69. The van der Waals surface area contributed by atoms with Crippen molar-refractivity contribution in [1.82, 2.24) is 19.7 Å². The highest BCUT2D eigenvalue weighted by molar-refractivity contribution is 5.80. The van der Waals surface area contributed by atoms with Crippen LogP contribution < -0.4 is 0 Å². The van der Waals surface area contributed by atoms with Crippen molar-refractivity contribution in [3.63, 3.8) is 0 Å². The molecule has 0 saturated carbocycles. The second-order valence-corrected chi connectivity index (χ2v) is 7.23. The second-order valence-electron chi connectivity index (χ2n) is 7.23. The standard InChI is InChI=1S/C19H19F3N4O/c1-11-5-14(19(20,21)22)6-16(27)17(11)15-4-3-13-10-26(24-18(13)23-15)9-12-7-25(2)8-12/h3-6,10,12,27H,7-9H2,1-2H3. The van der Waals surface area contributed by atoms with Crippen LogP contribution in [0.4, 0.5) is 13.2 Å². The molecule has 1 aliphatic rings. The van der Waals surface area contributed by atoms with Gasteiger partial charge in [0.2, 0.25) is 0 Å². The summed E-state index contributed by atoms with van der Waals surface area (Å²) in [6, 6.07) is 5.28. The van der Waals surface area contributed by atoms with Gasteiger partial charge in [0.15, 0.2) is 5.65 Å². The SMILES string of the molecule is Cc1cc(C(F)(F)F)cc(O)c1-c1ccc2cn(CC3CN(C)C3)nc2n1. The minimum absolute atomic E-state index is 0.292. The number of phenolic OH excluding ortho intramolecular Hbond substituents is 1. The molecule has 4 rings (SSSR count). The van der Waals surface area contributed by atoms with Crippen LogP contribution in [0.25, 0.3) is 22.3 Å². The van der Waals surface area contributed by atoms with Crippen molar-refractivity contribution in [2.75, 3.05) is 20.1 Å². The van der Waals surface area contributed by atoms with Crippen LogP contribution in [-0.2, 0) is 12.7 Å². The molecular formula is C19H19F3N4O. The molecule has 1 fully saturated rings. The van der Waals surface area contributed by atoms with E-state index < -0.39 is 17.5 Å². The number of phenols is 1. The average molecular weight is 376 g/mol. The summed E-state index contributed by atoms with van der Waals surface area (Å²) in [6.07, 6.45) is -2.59. The zero-order valence-corrected chi connectivity index (χ0v) is 15.0. The molecular weight excluding hydrogens is 357 g/mol. The Morgan fingerprint density at radius 1 is 1.22 bits per heavy atom. The highest BCUT2D eigenvalue weighted by Gasteiger charge is 2.32. The lowest BCUT2D eigenvalue weighted by Crippen LogP contribution is -2.45. The van der Waals surface area contributed by atoms with Crippen molar-refractivity contribution in [1.29, 1.82) is 0 Å². The topological polar surface area (TPSA) is 54.2 Å². The lowest BCUT2D eigenvalue weighted by Gasteiger charge is -2.35. The van der Waals surface area contributed by atoms with Crippen molar-refractivity contribution in [3.05, 3.63) is 41.6 Å². The number of hydrogen-bond donors (Lipinski definition) is 1. The summed E-state index contributed by atoms with van der Waals surface area (Å²) >= 11 is 0. The predicted molar refractivity (Wildman–Crippen MR) is 95.4 cm³/mol. The molecule has 1 saturated heterocycles. The first-order chi connectivity index (χ1) is 12.7. The van der Waals surface area contributed by atoms with Crippen molar-refractivity contribution in [2.24, 2.45) is 5.92 Å². The Labute approximate surface area is 154 Å². The summed E-state index contributed by atoms with van der Waals surface area (Å²) in [6.45, 7) is 4.41. The molecule has 1 aliphatic heterocycles. The van der Waals surface area contributed by atoms with E-state index in [9.17, 15) is 18.3 Å². The number of nitrogens with zero attached hydrogens (tertiary/aromatic N) is 4. The fourth-order valence-electron chi connectivity index (χ4n) is 3.66. The number of alkyl halides is 3. The van der Waals surface area contributed by atoms with Gasteiger partial charge in [0, 0.05) is 42.7 Å². The molecule has 27 heavy (non-hydrogen) atoms. The Bertz CT molecular complexity index is 983. The van der Waals surface area contributed by atoms with Gasteiger partial charge in [-0.25, -0.2) is 4.98 Å². The summed E-state index contributed by atoms with van der Waals surface area (Å²) in [5.74, 6) is 0.121. The van der Waals surface area contributed by atoms with E-state index in [2.05, 4.69) is 22.0 Å².